The number of nitrogens with one attached hydrogen (secondary N) is 1. The van der Waals surface area contributed by atoms with Crippen LogP contribution >= 0.6 is 0 Å². The summed E-state index contributed by atoms with van der Waals surface area (Å²) in [6, 6.07) is 0. The minimum absolute atomic E-state index is 0.521. The molecule has 186 valence electrons. The summed E-state index contributed by atoms with van der Waals surface area (Å²) in [6.07, 6.45) is 34.2. The molecule has 0 aromatic heterocycles. The van der Waals surface area contributed by atoms with Crippen LogP contribution in [-0.2, 0) is 0 Å². The van der Waals surface area contributed by atoms with E-state index in [1.165, 1.54) is 44.9 Å². The monoisotopic (exact) mass is 451 g/mol. The molecule has 9 fully saturated rings. The fourth-order valence-electron chi connectivity index (χ4n) is 13.1. The Morgan fingerprint density at radius 1 is 0.636 bits per heavy atom. The molecule has 9 aliphatic rings. The average Bonchev–Trinajstić information content (AvgIpc) is 2.75. The smallest absolute Gasteiger partial charge is 0.0200 e. The SMILES string of the molecule is CCCCCCC12CC3CC(NC45CC6CC(CC(C6)C4)C5)(C1)CC(C1CCCCC1)(C3)C2. The Morgan fingerprint density at radius 3 is 2.03 bits per heavy atom. The van der Waals surface area contributed by atoms with Gasteiger partial charge in [0.15, 0.2) is 0 Å². The van der Waals surface area contributed by atoms with E-state index in [1.807, 2.05) is 0 Å². The molecule has 1 N–H and O–H groups in total. The fourth-order valence-corrected chi connectivity index (χ4v) is 13.1. The Bertz CT molecular complexity index is 700. The Kier molecular flexibility index (Phi) is 5.36. The second-order valence-corrected chi connectivity index (χ2v) is 15.6. The fraction of sp³-hybridized carbons (Fsp3) is 1.00. The van der Waals surface area contributed by atoms with Crippen molar-refractivity contribution in [1.82, 2.24) is 5.32 Å². The molecule has 9 rings (SSSR count). The van der Waals surface area contributed by atoms with Gasteiger partial charge < -0.3 is 5.32 Å². The van der Waals surface area contributed by atoms with E-state index >= 15 is 0 Å². The second kappa shape index (κ2) is 7.98. The quantitative estimate of drug-likeness (QED) is 0.363. The van der Waals surface area contributed by atoms with Crippen molar-refractivity contribution < 1.29 is 0 Å². The van der Waals surface area contributed by atoms with Gasteiger partial charge in [-0.2, -0.15) is 0 Å². The Labute approximate surface area is 205 Å². The molecule has 4 unspecified atom stereocenters. The standard InChI is InChI=1S/C32H53N/c1-2-3-4-8-11-29-15-27-16-30(21-29,28-9-6-5-7-10-28)23-32(20-27,22-29)33-31-17-24-12-25(18-31)14-26(13-24)19-31/h24-28,33H,2-23H2,1H3. The maximum atomic E-state index is 4.76. The van der Waals surface area contributed by atoms with Crippen LogP contribution in [0, 0.1) is 40.4 Å². The van der Waals surface area contributed by atoms with Gasteiger partial charge in [0.2, 0.25) is 0 Å². The largest absolute Gasteiger partial charge is 0.306 e. The first-order valence-corrected chi connectivity index (χ1v) is 15.8. The molecular formula is C32H53N. The van der Waals surface area contributed by atoms with E-state index in [2.05, 4.69) is 6.92 Å². The van der Waals surface area contributed by atoms with Crippen molar-refractivity contribution in [3.8, 4) is 0 Å². The zero-order valence-electron chi connectivity index (χ0n) is 21.9. The zero-order valence-corrected chi connectivity index (χ0v) is 21.9. The van der Waals surface area contributed by atoms with Crippen molar-refractivity contribution in [2.75, 3.05) is 0 Å². The zero-order chi connectivity index (χ0) is 22.2. The van der Waals surface area contributed by atoms with Gasteiger partial charge in [0.25, 0.3) is 0 Å². The maximum absolute atomic E-state index is 4.76. The van der Waals surface area contributed by atoms with Crippen LogP contribution < -0.4 is 5.32 Å². The molecule has 9 aliphatic carbocycles. The van der Waals surface area contributed by atoms with E-state index < -0.39 is 0 Å². The molecule has 1 heteroatoms. The Balaban J connectivity index is 1.19. The van der Waals surface area contributed by atoms with Crippen LogP contribution in [0.2, 0.25) is 0 Å². The summed E-state index contributed by atoms with van der Waals surface area (Å²) in [6.45, 7) is 2.38. The molecule has 0 spiro atoms. The van der Waals surface area contributed by atoms with Crippen LogP contribution in [-0.4, -0.2) is 11.1 Å². The van der Waals surface area contributed by atoms with Gasteiger partial charge in [-0.15, -0.1) is 0 Å². The van der Waals surface area contributed by atoms with Gasteiger partial charge in [0.1, 0.15) is 0 Å². The molecule has 0 aromatic carbocycles. The van der Waals surface area contributed by atoms with E-state index in [1.54, 1.807) is 96.3 Å². The van der Waals surface area contributed by atoms with Crippen molar-refractivity contribution in [3.05, 3.63) is 0 Å². The lowest BCUT2D eigenvalue weighted by Crippen LogP contribution is -2.72. The van der Waals surface area contributed by atoms with Crippen LogP contribution in [0.5, 0.6) is 0 Å². The molecule has 0 amide bonds. The maximum Gasteiger partial charge on any atom is 0.0200 e. The average molecular weight is 452 g/mol. The lowest BCUT2D eigenvalue weighted by atomic mass is 9.37. The number of hydrogen-bond donors (Lipinski definition) is 1. The van der Waals surface area contributed by atoms with Crippen molar-refractivity contribution >= 4 is 0 Å². The highest BCUT2D eigenvalue weighted by Crippen LogP contribution is 2.72. The van der Waals surface area contributed by atoms with Crippen LogP contribution in [0.3, 0.4) is 0 Å². The normalized spacial score (nSPS) is 52.6. The second-order valence-electron chi connectivity index (χ2n) is 15.6. The summed E-state index contributed by atoms with van der Waals surface area (Å²) in [4.78, 5) is 0. The highest BCUT2D eigenvalue weighted by molar-refractivity contribution is 5.20. The molecule has 0 radical (unpaired) electrons. The summed E-state index contributed by atoms with van der Waals surface area (Å²) in [5.74, 6) is 5.35. The van der Waals surface area contributed by atoms with E-state index in [4.69, 9.17) is 5.32 Å². The molecular weight excluding hydrogens is 398 g/mol. The first kappa shape index (κ1) is 22.2. The van der Waals surface area contributed by atoms with Gasteiger partial charge >= 0.3 is 0 Å². The summed E-state index contributed by atoms with van der Waals surface area (Å²) in [7, 11) is 0. The van der Waals surface area contributed by atoms with E-state index in [0.717, 1.165) is 35.0 Å². The minimum atomic E-state index is 0.521. The number of rotatable bonds is 8. The van der Waals surface area contributed by atoms with Crippen molar-refractivity contribution in [1.29, 1.82) is 0 Å². The number of hydrogen-bond acceptors (Lipinski definition) is 1. The van der Waals surface area contributed by atoms with Crippen molar-refractivity contribution in [3.63, 3.8) is 0 Å². The molecule has 0 heterocycles. The summed E-state index contributed by atoms with van der Waals surface area (Å²) in [5, 5.41) is 4.76. The van der Waals surface area contributed by atoms with Gasteiger partial charge in [-0.3, -0.25) is 0 Å². The van der Waals surface area contributed by atoms with Gasteiger partial charge in [0.05, 0.1) is 0 Å². The lowest BCUT2D eigenvalue weighted by Gasteiger charge is -2.71. The highest BCUT2D eigenvalue weighted by Gasteiger charge is 2.66. The molecule has 8 bridgehead atoms. The summed E-state index contributed by atoms with van der Waals surface area (Å²) in [5.41, 5.74) is 2.50. The van der Waals surface area contributed by atoms with Gasteiger partial charge in [-0.05, 0) is 137 Å². The third-order valence-electron chi connectivity index (χ3n) is 12.8. The van der Waals surface area contributed by atoms with Crippen LogP contribution in [0.15, 0.2) is 0 Å². The first-order chi connectivity index (χ1) is 16.0. The predicted octanol–water partition coefficient (Wildman–Crippen LogP) is 8.80. The van der Waals surface area contributed by atoms with Crippen LogP contribution in [0.25, 0.3) is 0 Å². The van der Waals surface area contributed by atoms with E-state index in [-0.39, 0.29) is 0 Å². The Morgan fingerprint density at radius 2 is 1.33 bits per heavy atom. The Hall–Kier alpha value is -0.0400. The molecule has 0 saturated heterocycles. The topological polar surface area (TPSA) is 12.0 Å². The minimum Gasteiger partial charge on any atom is -0.306 e. The van der Waals surface area contributed by atoms with Gasteiger partial charge in [-0.1, -0.05) is 51.9 Å². The predicted molar refractivity (Wildman–Crippen MR) is 138 cm³/mol. The summed E-state index contributed by atoms with van der Waals surface area (Å²) >= 11 is 0. The van der Waals surface area contributed by atoms with E-state index in [0.29, 0.717) is 16.5 Å². The van der Waals surface area contributed by atoms with Crippen molar-refractivity contribution in [2.24, 2.45) is 40.4 Å². The number of unbranched alkanes of at least 4 members (excludes halogenated alkanes) is 3. The molecule has 9 saturated carbocycles. The third kappa shape index (κ3) is 3.79. The van der Waals surface area contributed by atoms with Crippen molar-refractivity contribution in [2.45, 2.75) is 159 Å². The molecule has 0 aromatic rings. The molecule has 33 heavy (non-hydrogen) atoms. The van der Waals surface area contributed by atoms with Crippen LogP contribution in [0.4, 0.5) is 0 Å². The molecule has 4 atom stereocenters. The summed E-state index contributed by atoms with van der Waals surface area (Å²) < 4.78 is 0. The third-order valence-corrected chi connectivity index (χ3v) is 12.8. The highest BCUT2D eigenvalue weighted by atomic mass is 15.1. The van der Waals surface area contributed by atoms with Gasteiger partial charge in [-0.25, -0.2) is 0 Å². The molecule has 1 nitrogen and oxygen atoms in total. The first-order valence-electron chi connectivity index (χ1n) is 15.8. The molecule has 0 aliphatic heterocycles. The lowest BCUT2D eigenvalue weighted by molar-refractivity contribution is -0.178. The van der Waals surface area contributed by atoms with Gasteiger partial charge in [0, 0.05) is 11.1 Å². The van der Waals surface area contributed by atoms with Crippen LogP contribution in [0.1, 0.15) is 148 Å². The van der Waals surface area contributed by atoms with E-state index in [9.17, 15) is 0 Å².